The van der Waals surface area contributed by atoms with Gasteiger partial charge in [0.05, 0.1) is 17.1 Å². The molecule has 2 saturated carbocycles. The summed E-state index contributed by atoms with van der Waals surface area (Å²) < 4.78 is 16.5. The van der Waals surface area contributed by atoms with Crippen LogP contribution in [0.25, 0.3) is 37.3 Å². The number of H-pyrrole nitrogens is 1. The Kier molecular flexibility index (Phi) is 3.37. The van der Waals surface area contributed by atoms with Crippen LogP contribution in [0.2, 0.25) is 0 Å². The number of aryl methyl sites for hydroxylation is 1. The summed E-state index contributed by atoms with van der Waals surface area (Å²) in [6.45, 7) is 1.98. The highest BCUT2D eigenvalue weighted by atomic mass is 32.2. The number of thiophene rings is 1. The van der Waals surface area contributed by atoms with Gasteiger partial charge in [0.15, 0.2) is 0 Å². The maximum absolute atomic E-state index is 13.6. The van der Waals surface area contributed by atoms with Crippen molar-refractivity contribution >= 4 is 60.5 Å². The Hall–Kier alpha value is -1.94. The summed E-state index contributed by atoms with van der Waals surface area (Å²) >= 11 is 2.15. The summed E-state index contributed by atoms with van der Waals surface area (Å²) in [6, 6.07) is 2.10. The van der Waals surface area contributed by atoms with E-state index in [0.29, 0.717) is 0 Å². The second-order valence-electron chi connectivity index (χ2n) is 8.12. The molecule has 0 spiro atoms. The molecule has 0 aliphatic heterocycles. The molecule has 2 aliphatic carbocycles. The molecule has 3 unspecified atom stereocenters. The molecule has 5 heterocycles. The fraction of sp³-hybridized carbons (Fsp3) is 0.350. The smallest absolute Gasteiger partial charge is 0.234 e. The average Bonchev–Trinajstić information content (AvgIpc) is 3.25. The number of aromatic nitrogens is 5. The van der Waals surface area contributed by atoms with Crippen LogP contribution >= 0.6 is 22.7 Å². The number of thiazole rings is 1. The third-order valence-electron chi connectivity index (χ3n) is 6.40. The normalized spacial score (nSPS) is 24.7. The number of imidazole rings is 1. The second-order valence-corrected chi connectivity index (χ2v) is 11.9. The number of nitrogens with zero attached hydrogens (tertiary/aromatic N) is 4. The van der Waals surface area contributed by atoms with E-state index in [1.807, 2.05) is 23.0 Å². The highest BCUT2D eigenvalue weighted by molar-refractivity contribution is 7.94. The van der Waals surface area contributed by atoms with Gasteiger partial charge in [0, 0.05) is 28.1 Å². The van der Waals surface area contributed by atoms with Crippen molar-refractivity contribution in [1.29, 1.82) is 0 Å². The van der Waals surface area contributed by atoms with E-state index in [1.165, 1.54) is 6.42 Å². The van der Waals surface area contributed by atoms with E-state index in [9.17, 15) is 4.55 Å². The van der Waals surface area contributed by atoms with Crippen molar-refractivity contribution in [2.45, 2.75) is 35.6 Å². The number of fused-ring (bicyclic) bond motifs is 3. The third-order valence-corrected chi connectivity index (χ3v) is 10.4. The molecule has 0 saturated heterocycles. The van der Waals surface area contributed by atoms with Crippen molar-refractivity contribution in [3.05, 3.63) is 29.7 Å². The Morgan fingerprint density at radius 1 is 1.24 bits per heavy atom. The summed E-state index contributed by atoms with van der Waals surface area (Å²) in [5, 5.41) is 8.79. The Bertz CT molecular complexity index is 1390. The zero-order valence-electron chi connectivity index (χ0n) is 15.6. The van der Waals surface area contributed by atoms with Crippen LogP contribution in [0.15, 0.2) is 28.0 Å². The van der Waals surface area contributed by atoms with E-state index >= 15 is 0 Å². The SMILES string of the molecule is Cc1ncc2c3cc(-c4nccs4)nc4sc([S+]([O-])C5CC6CC6C5)c([nH]n12)c43. The molecule has 2 fully saturated rings. The maximum Gasteiger partial charge on any atom is 0.234 e. The molecule has 0 bridgehead atoms. The lowest BCUT2D eigenvalue weighted by Crippen LogP contribution is -2.19. The number of hydrogen-bond donors (Lipinski definition) is 1. The predicted octanol–water partition coefficient (Wildman–Crippen LogP) is 4.76. The van der Waals surface area contributed by atoms with Crippen molar-refractivity contribution in [2.24, 2.45) is 11.8 Å². The summed E-state index contributed by atoms with van der Waals surface area (Å²) in [5.74, 6) is 2.52. The standard InChI is InChI=1S/C20H17N5OS3/c1-9-22-8-15-13-7-14(18-21-2-3-27-18)23-19-16(13)17(24-25(9)15)20(28-19)29(26)12-5-10-4-11(10)6-12/h2-3,7-8,10-12,24H,4-6H2,1H3. The molecule has 9 heteroatoms. The third kappa shape index (κ3) is 2.35. The van der Waals surface area contributed by atoms with Crippen molar-refractivity contribution in [1.82, 2.24) is 24.6 Å². The quantitative estimate of drug-likeness (QED) is 0.411. The lowest BCUT2D eigenvalue weighted by Gasteiger charge is -2.17. The lowest BCUT2D eigenvalue weighted by atomic mass is 10.1. The molecule has 0 amide bonds. The first kappa shape index (κ1) is 16.8. The zero-order valence-corrected chi connectivity index (χ0v) is 18.0. The van der Waals surface area contributed by atoms with Gasteiger partial charge in [-0.25, -0.2) is 19.5 Å². The molecular weight excluding hydrogens is 422 g/mol. The van der Waals surface area contributed by atoms with Crippen LogP contribution in [-0.2, 0) is 11.2 Å². The lowest BCUT2D eigenvalue weighted by molar-refractivity contribution is 0.571. The topological polar surface area (TPSA) is 81.9 Å². The first-order valence-corrected chi connectivity index (χ1v) is 12.7. The molecule has 5 aromatic rings. The Morgan fingerprint density at radius 2 is 2.10 bits per heavy atom. The Labute approximate surface area is 177 Å². The number of pyridine rings is 1. The molecule has 29 heavy (non-hydrogen) atoms. The number of hydrogen-bond acceptors (Lipinski definition) is 6. The van der Waals surface area contributed by atoms with E-state index in [-0.39, 0.29) is 5.25 Å². The number of aromatic amines is 1. The minimum absolute atomic E-state index is 0.275. The van der Waals surface area contributed by atoms with Crippen LogP contribution in [0.1, 0.15) is 25.1 Å². The van der Waals surface area contributed by atoms with E-state index in [0.717, 1.165) is 72.0 Å². The molecule has 0 radical (unpaired) electrons. The summed E-state index contributed by atoms with van der Waals surface area (Å²) in [6.07, 6.45) is 7.24. The highest BCUT2D eigenvalue weighted by Crippen LogP contribution is 2.55. The average molecular weight is 440 g/mol. The molecule has 3 atom stereocenters. The van der Waals surface area contributed by atoms with Gasteiger partial charge < -0.3 is 4.55 Å². The largest absolute Gasteiger partial charge is 0.611 e. The first-order valence-electron chi connectivity index (χ1n) is 9.77. The van der Waals surface area contributed by atoms with E-state index in [4.69, 9.17) is 4.98 Å². The minimum atomic E-state index is -1.01. The van der Waals surface area contributed by atoms with Crippen LogP contribution in [0.4, 0.5) is 0 Å². The zero-order chi connectivity index (χ0) is 19.3. The molecule has 5 aromatic heterocycles. The van der Waals surface area contributed by atoms with Gasteiger partial charge in [-0.2, -0.15) is 0 Å². The molecule has 7 rings (SSSR count). The monoisotopic (exact) mass is 439 g/mol. The molecule has 1 N–H and O–H groups in total. The van der Waals surface area contributed by atoms with Crippen LogP contribution < -0.4 is 0 Å². The van der Waals surface area contributed by atoms with Crippen LogP contribution in [0.3, 0.4) is 0 Å². The van der Waals surface area contributed by atoms with Crippen molar-refractivity contribution in [3.8, 4) is 10.7 Å². The maximum atomic E-state index is 13.6. The van der Waals surface area contributed by atoms with Gasteiger partial charge in [0.2, 0.25) is 4.21 Å². The number of rotatable bonds is 3. The van der Waals surface area contributed by atoms with Crippen molar-refractivity contribution in [2.75, 3.05) is 0 Å². The van der Waals surface area contributed by atoms with Gasteiger partial charge >= 0.3 is 0 Å². The van der Waals surface area contributed by atoms with Gasteiger partial charge in [-0.15, -0.1) is 11.3 Å². The van der Waals surface area contributed by atoms with Gasteiger partial charge in [0.1, 0.15) is 32.1 Å². The molecule has 146 valence electrons. The van der Waals surface area contributed by atoms with Crippen LogP contribution in [-0.4, -0.2) is 34.4 Å². The first-order chi connectivity index (χ1) is 14.2. The number of nitrogens with one attached hydrogen (secondary N) is 1. The predicted molar refractivity (Wildman–Crippen MR) is 117 cm³/mol. The van der Waals surface area contributed by atoms with Gasteiger partial charge in [0.25, 0.3) is 0 Å². The summed E-state index contributed by atoms with van der Waals surface area (Å²) in [7, 11) is 0. The second kappa shape index (κ2) is 5.81. The van der Waals surface area contributed by atoms with Crippen LogP contribution in [0, 0.1) is 18.8 Å². The Morgan fingerprint density at radius 3 is 2.90 bits per heavy atom. The molecular formula is C20H17N5OS3. The summed E-state index contributed by atoms with van der Waals surface area (Å²) in [4.78, 5) is 14.8. The van der Waals surface area contributed by atoms with Crippen LogP contribution in [0.5, 0.6) is 0 Å². The minimum Gasteiger partial charge on any atom is -0.611 e. The Balaban J connectivity index is 1.52. The van der Waals surface area contributed by atoms with E-state index < -0.39 is 11.2 Å². The van der Waals surface area contributed by atoms with E-state index in [2.05, 4.69) is 21.1 Å². The molecule has 2 aliphatic rings. The fourth-order valence-corrected chi connectivity index (χ4v) is 8.81. The summed E-state index contributed by atoms with van der Waals surface area (Å²) in [5.41, 5.74) is 2.82. The molecule has 6 nitrogen and oxygen atoms in total. The highest BCUT2D eigenvalue weighted by Gasteiger charge is 2.51. The van der Waals surface area contributed by atoms with Gasteiger partial charge in [-0.05, 0) is 44.1 Å². The van der Waals surface area contributed by atoms with Crippen molar-refractivity contribution < 1.29 is 4.55 Å². The molecule has 0 aromatic carbocycles. The van der Waals surface area contributed by atoms with Gasteiger partial charge in [-0.3, -0.25) is 5.10 Å². The van der Waals surface area contributed by atoms with Crippen molar-refractivity contribution in [3.63, 3.8) is 0 Å². The van der Waals surface area contributed by atoms with Gasteiger partial charge in [-0.1, -0.05) is 11.3 Å². The fourth-order valence-electron chi connectivity index (χ4n) is 4.86. The van der Waals surface area contributed by atoms with E-state index in [1.54, 1.807) is 28.9 Å².